The normalized spacial score (nSPS) is 20.8. The summed E-state index contributed by atoms with van der Waals surface area (Å²) in [5.41, 5.74) is 0.912. The summed E-state index contributed by atoms with van der Waals surface area (Å²) in [6.45, 7) is 4.11. The molecular weight excluding hydrogens is 250 g/mol. The fraction of sp³-hybridized carbons (Fsp3) is 0.353. The van der Waals surface area contributed by atoms with Gasteiger partial charge in [0, 0.05) is 6.20 Å². The second-order valence-corrected chi connectivity index (χ2v) is 5.26. The molecule has 0 amide bonds. The maximum Gasteiger partial charge on any atom is 0.222 e. The van der Waals surface area contributed by atoms with E-state index in [1.807, 2.05) is 54.1 Å². The van der Waals surface area contributed by atoms with Crippen LogP contribution in [0.5, 0.6) is 5.75 Å². The maximum atomic E-state index is 13.0. The number of Topliss-reactive ketones (excluding diaryl/α,β-unsaturated/α-hetero) is 1. The largest absolute Gasteiger partial charge is 0.477 e. The third-order valence-electron chi connectivity index (χ3n) is 4.05. The number of carbonyl (C=O) groups is 1. The molecule has 1 aromatic heterocycles. The second kappa shape index (κ2) is 4.82. The van der Waals surface area contributed by atoms with Gasteiger partial charge in [-0.05, 0) is 37.1 Å². The van der Waals surface area contributed by atoms with Crippen LogP contribution in [-0.2, 0) is 0 Å². The van der Waals surface area contributed by atoms with Gasteiger partial charge in [-0.1, -0.05) is 32.4 Å². The molecule has 1 atom stereocenters. The molecule has 3 rings (SSSR count). The van der Waals surface area contributed by atoms with Gasteiger partial charge in [0.25, 0.3) is 0 Å². The van der Waals surface area contributed by atoms with Crippen molar-refractivity contribution in [1.82, 2.24) is 4.57 Å². The Hall–Kier alpha value is -2.03. The van der Waals surface area contributed by atoms with Crippen LogP contribution in [0.1, 0.15) is 43.6 Å². The van der Waals surface area contributed by atoms with Gasteiger partial charge in [-0.25, -0.2) is 0 Å². The molecule has 0 unspecified atom stereocenters. The smallest absolute Gasteiger partial charge is 0.222 e. The predicted octanol–water partition coefficient (Wildman–Crippen LogP) is 4.00. The van der Waals surface area contributed by atoms with Gasteiger partial charge in [-0.2, -0.15) is 0 Å². The number of rotatable bonds is 3. The molecule has 0 saturated carbocycles. The van der Waals surface area contributed by atoms with E-state index in [1.54, 1.807) is 0 Å². The Balaban J connectivity index is 2.24. The van der Waals surface area contributed by atoms with Crippen LogP contribution < -0.4 is 4.74 Å². The lowest BCUT2D eigenvalue weighted by Crippen LogP contribution is -2.43. The van der Waals surface area contributed by atoms with Crippen molar-refractivity contribution in [3.05, 3.63) is 48.3 Å². The van der Waals surface area contributed by atoms with Crippen LogP contribution in [0.3, 0.4) is 0 Å². The number of benzene rings is 1. The Morgan fingerprint density at radius 1 is 1.15 bits per heavy atom. The van der Waals surface area contributed by atoms with E-state index < -0.39 is 5.60 Å². The van der Waals surface area contributed by atoms with Gasteiger partial charge in [0.2, 0.25) is 5.78 Å². The summed E-state index contributed by atoms with van der Waals surface area (Å²) in [6, 6.07) is 11.6. The molecule has 2 heterocycles. The molecule has 0 aliphatic carbocycles. The Bertz CT molecular complexity index is 644. The zero-order valence-corrected chi connectivity index (χ0v) is 11.9. The van der Waals surface area contributed by atoms with Gasteiger partial charge < -0.3 is 9.30 Å². The van der Waals surface area contributed by atoms with Gasteiger partial charge in [-0.3, -0.25) is 4.79 Å². The van der Waals surface area contributed by atoms with Gasteiger partial charge in [0.1, 0.15) is 5.75 Å². The molecule has 2 aromatic rings. The molecule has 20 heavy (non-hydrogen) atoms. The van der Waals surface area contributed by atoms with Crippen molar-refractivity contribution in [2.24, 2.45) is 0 Å². The summed E-state index contributed by atoms with van der Waals surface area (Å²) in [5.74, 6) is 0.870. The topological polar surface area (TPSA) is 31.2 Å². The second-order valence-electron chi connectivity index (χ2n) is 5.26. The Labute approximate surface area is 119 Å². The van der Waals surface area contributed by atoms with Gasteiger partial charge >= 0.3 is 0 Å². The van der Waals surface area contributed by atoms with Crippen molar-refractivity contribution in [2.45, 2.75) is 38.7 Å². The van der Waals surface area contributed by atoms with E-state index in [9.17, 15) is 4.79 Å². The minimum atomic E-state index is -0.739. The maximum absolute atomic E-state index is 13.0. The van der Waals surface area contributed by atoms with Crippen molar-refractivity contribution >= 4 is 5.78 Å². The Morgan fingerprint density at radius 3 is 2.70 bits per heavy atom. The van der Waals surface area contributed by atoms with Crippen molar-refractivity contribution in [2.75, 3.05) is 0 Å². The zero-order chi connectivity index (χ0) is 14.2. The number of para-hydroxylation sites is 2. The SMILES string of the molecule is CCC[C@@]1(CC)Oc2ccccc2-n2cccc2C1=O. The highest BCUT2D eigenvalue weighted by Gasteiger charge is 2.42. The number of fused-ring (bicyclic) bond motifs is 3. The van der Waals surface area contributed by atoms with E-state index in [2.05, 4.69) is 6.92 Å². The number of ether oxygens (including phenoxy) is 1. The highest BCUT2D eigenvalue weighted by Crippen LogP contribution is 2.37. The van der Waals surface area contributed by atoms with Crippen LogP contribution in [0.4, 0.5) is 0 Å². The highest BCUT2D eigenvalue weighted by atomic mass is 16.5. The van der Waals surface area contributed by atoms with Crippen molar-refractivity contribution in [1.29, 1.82) is 0 Å². The standard InChI is InChI=1S/C17H19NO2/c1-3-11-17(4-2)16(19)14-9-7-12-18(14)13-8-5-6-10-15(13)20-17/h5-10,12H,3-4,11H2,1-2H3/t17-/m1/s1. The summed E-state index contributed by atoms with van der Waals surface area (Å²) in [6.07, 6.45) is 4.26. The summed E-state index contributed by atoms with van der Waals surface area (Å²) < 4.78 is 8.15. The molecule has 0 spiro atoms. The van der Waals surface area contributed by atoms with E-state index in [-0.39, 0.29) is 5.78 Å². The number of carbonyl (C=O) groups excluding carboxylic acids is 1. The first kappa shape index (κ1) is 13.0. The molecule has 104 valence electrons. The molecule has 0 bridgehead atoms. The van der Waals surface area contributed by atoms with E-state index >= 15 is 0 Å². The summed E-state index contributed by atoms with van der Waals surface area (Å²) in [7, 11) is 0. The van der Waals surface area contributed by atoms with Crippen LogP contribution in [0.15, 0.2) is 42.6 Å². The van der Waals surface area contributed by atoms with Crippen LogP contribution >= 0.6 is 0 Å². The van der Waals surface area contributed by atoms with Gasteiger partial charge in [-0.15, -0.1) is 0 Å². The third kappa shape index (κ3) is 1.77. The number of hydrogen-bond donors (Lipinski definition) is 0. The van der Waals surface area contributed by atoms with Crippen molar-refractivity contribution in [3.63, 3.8) is 0 Å². The zero-order valence-electron chi connectivity index (χ0n) is 11.9. The number of hydrogen-bond acceptors (Lipinski definition) is 2. The highest BCUT2D eigenvalue weighted by molar-refractivity contribution is 6.02. The van der Waals surface area contributed by atoms with Crippen molar-refractivity contribution < 1.29 is 9.53 Å². The molecule has 1 aromatic carbocycles. The first-order valence-electron chi connectivity index (χ1n) is 7.22. The summed E-state index contributed by atoms with van der Waals surface area (Å²) in [4.78, 5) is 13.0. The predicted molar refractivity (Wildman–Crippen MR) is 78.7 cm³/mol. The van der Waals surface area contributed by atoms with E-state index in [1.165, 1.54) is 0 Å². The molecule has 3 nitrogen and oxygen atoms in total. The molecule has 0 radical (unpaired) electrons. The summed E-state index contributed by atoms with van der Waals surface area (Å²) in [5, 5.41) is 0. The lowest BCUT2D eigenvalue weighted by atomic mass is 9.88. The first-order valence-corrected chi connectivity index (χ1v) is 7.22. The third-order valence-corrected chi connectivity index (χ3v) is 4.05. The average Bonchev–Trinajstić information content (AvgIpc) is 2.92. The van der Waals surface area contributed by atoms with Gasteiger partial charge in [0.15, 0.2) is 5.60 Å². The number of ketones is 1. The molecule has 3 heteroatoms. The van der Waals surface area contributed by atoms with E-state index in [0.717, 1.165) is 24.3 Å². The minimum absolute atomic E-state index is 0.0862. The quantitative estimate of drug-likeness (QED) is 0.843. The number of aromatic nitrogens is 1. The summed E-state index contributed by atoms with van der Waals surface area (Å²) >= 11 is 0. The van der Waals surface area contributed by atoms with Crippen LogP contribution in [0.25, 0.3) is 5.69 Å². The number of nitrogens with zero attached hydrogens (tertiary/aromatic N) is 1. The fourth-order valence-electron chi connectivity index (χ4n) is 2.99. The molecule has 0 saturated heterocycles. The monoisotopic (exact) mass is 269 g/mol. The lowest BCUT2D eigenvalue weighted by molar-refractivity contribution is 0.0396. The Kier molecular flexibility index (Phi) is 3.13. The first-order chi connectivity index (χ1) is 9.72. The fourth-order valence-corrected chi connectivity index (χ4v) is 2.99. The minimum Gasteiger partial charge on any atom is -0.477 e. The van der Waals surface area contributed by atoms with E-state index in [4.69, 9.17) is 4.74 Å². The molecule has 1 aliphatic rings. The van der Waals surface area contributed by atoms with Crippen LogP contribution in [-0.4, -0.2) is 16.0 Å². The Morgan fingerprint density at radius 2 is 1.95 bits per heavy atom. The molecule has 0 N–H and O–H groups in total. The average molecular weight is 269 g/mol. The van der Waals surface area contributed by atoms with Crippen LogP contribution in [0, 0.1) is 0 Å². The van der Waals surface area contributed by atoms with Crippen molar-refractivity contribution in [3.8, 4) is 11.4 Å². The molecule has 0 fully saturated rings. The lowest BCUT2D eigenvalue weighted by Gasteiger charge is -2.30. The van der Waals surface area contributed by atoms with Crippen LogP contribution in [0.2, 0.25) is 0 Å². The van der Waals surface area contributed by atoms with Gasteiger partial charge in [0.05, 0.1) is 11.4 Å². The molecular formula is C17H19NO2. The van der Waals surface area contributed by atoms with E-state index in [0.29, 0.717) is 12.1 Å². The molecule has 1 aliphatic heterocycles.